The van der Waals surface area contributed by atoms with Crippen molar-refractivity contribution in [3.63, 3.8) is 0 Å². The Labute approximate surface area is 177 Å². The van der Waals surface area contributed by atoms with Gasteiger partial charge >= 0.3 is 0 Å². The zero-order chi connectivity index (χ0) is 22.5. The summed E-state index contributed by atoms with van der Waals surface area (Å²) in [6.07, 6.45) is 0.490. The van der Waals surface area contributed by atoms with Crippen molar-refractivity contribution in [2.75, 3.05) is 24.3 Å². The lowest BCUT2D eigenvalue weighted by molar-refractivity contribution is -0.143. The lowest BCUT2D eigenvalue weighted by Gasteiger charge is -2.37. The number of carbonyl (C=O) groups excluding carboxylic acids is 2. The second-order valence-electron chi connectivity index (χ2n) is 10.1. The van der Waals surface area contributed by atoms with Crippen LogP contribution in [0, 0.1) is 17.3 Å². The predicted molar refractivity (Wildman–Crippen MR) is 123 cm³/mol. The van der Waals surface area contributed by atoms with Crippen LogP contribution >= 0.6 is 0 Å². The van der Waals surface area contributed by atoms with Gasteiger partial charge in [0.25, 0.3) is 0 Å². The van der Waals surface area contributed by atoms with E-state index in [1.807, 2.05) is 71.8 Å². The average molecular weight is 404 g/mol. The molecule has 0 bridgehead atoms. The van der Waals surface area contributed by atoms with Crippen molar-refractivity contribution < 1.29 is 9.59 Å². The summed E-state index contributed by atoms with van der Waals surface area (Å²) in [5, 5.41) is 3.00. The Kier molecular flexibility index (Phi) is 8.73. The van der Waals surface area contributed by atoms with E-state index in [1.165, 1.54) is 0 Å². The number of amides is 2. The minimum absolute atomic E-state index is 0.0155. The first-order valence-corrected chi connectivity index (χ1v) is 10.6. The molecule has 0 saturated carbocycles. The van der Waals surface area contributed by atoms with Gasteiger partial charge in [-0.05, 0) is 42.5 Å². The second kappa shape index (κ2) is 10.1. The third-order valence-electron chi connectivity index (χ3n) is 5.14. The maximum absolute atomic E-state index is 13.2. The van der Waals surface area contributed by atoms with Gasteiger partial charge < -0.3 is 15.1 Å². The number of hydrogen-bond donors (Lipinski definition) is 1. The highest BCUT2D eigenvalue weighted by Gasteiger charge is 2.32. The Morgan fingerprint density at radius 3 is 2.07 bits per heavy atom. The summed E-state index contributed by atoms with van der Waals surface area (Å²) in [6, 6.07) is 6.05. The van der Waals surface area contributed by atoms with E-state index in [1.54, 1.807) is 0 Å². The lowest BCUT2D eigenvalue weighted by Crippen LogP contribution is -2.46. The first-order valence-electron chi connectivity index (χ1n) is 10.6. The lowest BCUT2D eigenvalue weighted by atomic mass is 9.92. The van der Waals surface area contributed by atoms with Crippen LogP contribution in [0.5, 0.6) is 0 Å². The molecule has 1 rings (SSSR count). The fourth-order valence-corrected chi connectivity index (χ4v) is 3.18. The van der Waals surface area contributed by atoms with Crippen LogP contribution < -0.4 is 10.2 Å². The third kappa shape index (κ3) is 7.37. The molecule has 164 valence electrons. The first-order chi connectivity index (χ1) is 13.2. The van der Waals surface area contributed by atoms with Gasteiger partial charge in [0, 0.05) is 49.9 Å². The molecule has 0 radical (unpaired) electrons. The number of rotatable bonds is 8. The molecule has 0 aliphatic heterocycles. The van der Waals surface area contributed by atoms with Crippen LogP contribution in [0.2, 0.25) is 0 Å². The van der Waals surface area contributed by atoms with Crippen molar-refractivity contribution in [2.45, 2.75) is 74.4 Å². The van der Waals surface area contributed by atoms with Crippen LogP contribution in [0.1, 0.15) is 67.4 Å². The van der Waals surface area contributed by atoms with Gasteiger partial charge in [0.15, 0.2) is 0 Å². The number of nitrogens with one attached hydrogen (secondary N) is 1. The third-order valence-corrected chi connectivity index (χ3v) is 5.14. The van der Waals surface area contributed by atoms with Crippen molar-refractivity contribution in [1.82, 2.24) is 4.90 Å². The largest absolute Gasteiger partial charge is 0.377 e. The Morgan fingerprint density at radius 2 is 1.62 bits per heavy atom. The fraction of sp³-hybridized carbons (Fsp3) is 0.667. The zero-order valence-corrected chi connectivity index (χ0v) is 20.1. The molecule has 0 aliphatic rings. The Morgan fingerprint density at radius 1 is 1.03 bits per heavy atom. The van der Waals surface area contributed by atoms with Gasteiger partial charge in [0.1, 0.15) is 0 Å². The van der Waals surface area contributed by atoms with Crippen molar-refractivity contribution in [3.05, 3.63) is 23.8 Å². The van der Waals surface area contributed by atoms with Gasteiger partial charge in [-0.3, -0.25) is 9.59 Å². The van der Waals surface area contributed by atoms with E-state index in [9.17, 15) is 9.59 Å². The summed E-state index contributed by atoms with van der Waals surface area (Å²) < 4.78 is 0. The standard InChI is InChI=1S/C24H41N3O2/c1-16(2)13-22(28)25-20-11-12-21(26(9)10)19(14-20)15-27(18(5)17(3)4)23(29)24(6,7)8/h11-12,14,16-18H,13,15H2,1-10H3,(H,25,28)/t18-/m0/s1. The highest BCUT2D eigenvalue weighted by atomic mass is 16.2. The van der Waals surface area contributed by atoms with Gasteiger partial charge in [0.2, 0.25) is 11.8 Å². The predicted octanol–water partition coefficient (Wildman–Crippen LogP) is 5.16. The van der Waals surface area contributed by atoms with Crippen LogP contribution in [0.4, 0.5) is 11.4 Å². The van der Waals surface area contributed by atoms with Crippen molar-refractivity contribution >= 4 is 23.2 Å². The van der Waals surface area contributed by atoms with Gasteiger partial charge in [-0.25, -0.2) is 0 Å². The summed E-state index contributed by atoms with van der Waals surface area (Å²) in [7, 11) is 4.00. The average Bonchev–Trinajstić information content (AvgIpc) is 2.56. The summed E-state index contributed by atoms with van der Waals surface area (Å²) >= 11 is 0. The summed E-state index contributed by atoms with van der Waals surface area (Å²) in [5.74, 6) is 0.805. The molecule has 0 aliphatic carbocycles. The molecule has 0 aromatic heterocycles. The van der Waals surface area contributed by atoms with Gasteiger partial charge in [0.05, 0.1) is 0 Å². The molecular formula is C24H41N3O2. The molecule has 0 saturated heterocycles. The quantitative estimate of drug-likeness (QED) is 0.652. The maximum atomic E-state index is 13.2. The topological polar surface area (TPSA) is 52.7 Å². The van der Waals surface area contributed by atoms with E-state index in [2.05, 4.69) is 31.0 Å². The molecule has 0 heterocycles. The van der Waals surface area contributed by atoms with Crippen LogP contribution in [0.3, 0.4) is 0 Å². The molecule has 1 atom stereocenters. The Balaban J connectivity index is 3.30. The smallest absolute Gasteiger partial charge is 0.228 e. The van der Waals surface area contributed by atoms with Crippen molar-refractivity contribution in [2.24, 2.45) is 17.3 Å². The molecule has 1 aromatic carbocycles. The summed E-state index contributed by atoms with van der Waals surface area (Å²) in [5.41, 5.74) is 2.40. The van der Waals surface area contributed by atoms with Crippen molar-refractivity contribution in [3.8, 4) is 0 Å². The molecule has 0 unspecified atom stereocenters. The zero-order valence-electron chi connectivity index (χ0n) is 20.1. The summed E-state index contributed by atoms with van der Waals surface area (Å²) in [6.45, 7) is 16.9. The van der Waals surface area contributed by atoms with E-state index < -0.39 is 5.41 Å². The highest BCUT2D eigenvalue weighted by Crippen LogP contribution is 2.29. The normalized spacial score (nSPS) is 12.8. The Bertz CT molecular complexity index is 703. The van der Waals surface area contributed by atoms with Crippen LogP contribution in [0.25, 0.3) is 0 Å². The summed E-state index contributed by atoms with van der Waals surface area (Å²) in [4.78, 5) is 29.5. The molecule has 1 N–H and O–H groups in total. The van der Waals surface area contributed by atoms with Crippen molar-refractivity contribution in [1.29, 1.82) is 0 Å². The maximum Gasteiger partial charge on any atom is 0.228 e. The fourth-order valence-electron chi connectivity index (χ4n) is 3.18. The Hall–Kier alpha value is -2.04. The molecular weight excluding hydrogens is 362 g/mol. The number of hydrogen-bond acceptors (Lipinski definition) is 3. The van der Waals surface area contributed by atoms with Gasteiger partial charge in [-0.15, -0.1) is 0 Å². The number of benzene rings is 1. The minimum atomic E-state index is -0.454. The highest BCUT2D eigenvalue weighted by molar-refractivity contribution is 5.91. The van der Waals surface area contributed by atoms with E-state index >= 15 is 0 Å². The molecule has 5 heteroatoms. The number of nitrogens with zero attached hydrogens (tertiary/aromatic N) is 2. The minimum Gasteiger partial charge on any atom is -0.377 e. The number of carbonyl (C=O) groups is 2. The monoisotopic (exact) mass is 403 g/mol. The molecule has 29 heavy (non-hydrogen) atoms. The van der Waals surface area contributed by atoms with E-state index in [0.717, 1.165) is 16.9 Å². The van der Waals surface area contributed by atoms with Crippen LogP contribution in [0.15, 0.2) is 18.2 Å². The van der Waals surface area contributed by atoms with E-state index in [-0.39, 0.29) is 17.9 Å². The van der Waals surface area contributed by atoms with E-state index in [4.69, 9.17) is 0 Å². The van der Waals surface area contributed by atoms with E-state index in [0.29, 0.717) is 24.8 Å². The molecule has 0 spiro atoms. The van der Waals surface area contributed by atoms with Crippen LogP contribution in [-0.2, 0) is 16.1 Å². The molecule has 5 nitrogen and oxygen atoms in total. The molecule has 1 aromatic rings. The molecule has 2 amide bonds. The van der Waals surface area contributed by atoms with Gasteiger partial charge in [-0.2, -0.15) is 0 Å². The SMILES string of the molecule is CC(C)CC(=O)Nc1ccc(N(C)C)c(CN(C(=O)C(C)(C)C)[C@@H](C)C(C)C)c1. The van der Waals surface area contributed by atoms with Gasteiger partial charge in [-0.1, -0.05) is 48.5 Å². The molecule has 0 fully saturated rings. The first kappa shape index (κ1) is 25.0. The second-order valence-corrected chi connectivity index (χ2v) is 10.1. The van der Waals surface area contributed by atoms with Crippen LogP contribution in [-0.4, -0.2) is 36.9 Å². The number of anilines is 2.